The first kappa shape index (κ1) is 19.0. The van der Waals surface area contributed by atoms with E-state index in [1.165, 1.54) is 0 Å². The van der Waals surface area contributed by atoms with Crippen molar-refractivity contribution in [1.82, 2.24) is 11.0 Å². The van der Waals surface area contributed by atoms with Crippen molar-refractivity contribution in [2.45, 2.75) is 0 Å². The predicted octanol–water partition coefficient (Wildman–Crippen LogP) is 1.75. The average molecular weight is 353 g/mol. The third-order valence-electron chi connectivity index (χ3n) is 2.64. The normalized spacial score (nSPS) is 11.4. The van der Waals surface area contributed by atoms with Gasteiger partial charge in [0.15, 0.2) is 0 Å². The summed E-state index contributed by atoms with van der Waals surface area (Å²) < 4.78 is 5.66. The molecular weight excluding hydrogens is 336 g/mol. The summed E-state index contributed by atoms with van der Waals surface area (Å²) in [6.07, 6.45) is 0. The van der Waals surface area contributed by atoms with Crippen LogP contribution in [-0.2, 0) is 0 Å². The lowest BCUT2D eigenvalue weighted by Crippen LogP contribution is -2.27. The molecule has 0 atom stereocenters. The Labute approximate surface area is 144 Å². The fourth-order valence-electron chi connectivity index (χ4n) is 1.64. The van der Waals surface area contributed by atoms with Crippen LogP contribution < -0.4 is 27.2 Å². The van der Waals surface area contributed by atoms with E-state index in [1.807, 2.05) is 0 Å². The van der Waals surface area contributed by atoms with Gasteiger partial charge in [0, 0.05) is 0 Å². The number of nitrogens with one attached hydrogen (secondary N) is 2. The van der Waals surface area contributed by atoms with Gasteiger partial charge in [0.25, 0.3) is 0 Å². The van der Waals surface area contributed by atoms with Gasteiger partial charge < -0.3 is 16.2 Å². The van der Waals surface area contributed by atoms with Crippen LogP contribution in [-0.4, -0.2) is 22.3 Å². The molecule has 2 aromatic rings. The second kappa shape index (κ2) is 9.20. The lowest BCUT2D eigenvalue weighted by molar-refractivity contribution is 0.233. The highest BCUT2D eigenvalue weighted by atomic mass is 35.5. The van der Waals surface area contributed by atoms with Gasteiger partial charge in [-0.05, 0) is 48.5 Å². The molecule has 0 fully saturated rings. The summed E-state index contributed by atoms with van der Waals surface area (Å²) in [6, 6.07) is 13.6. The lowest BCUT2D eigenvalue weighted by atomic mass is 10.3. The molecular formula is C14H17ClN6O3. The SMILES string of the molecule is Cl.NC(=Nc1ccc(Oc2ccc(N=C(N)NO)cc2)cc1)NO. The topological polar surface area (TPSA) is 151 Å². The molecule has 8 N–H and O–H groups in total. The van der Waals surface area contributed by atoms with Crippen LogP contribution in [0.15, 0.2) is 58.5 Å². The first-order valence-corrected chi connectivity index (χ1v) is 6.47. The van der Waals surface area contributed by atoms with E-state index in [0.717, 1.165) is 0 Å². The molecule has 24 heavy (non-hydrogen) atoms. The highest BCUT2D eigenvalue weighted by Gasteiger charge is 1.99. The minimum absolute atomic E-state index is 0. The molecule has 0 saturated carbocycles. The molecule has 0 amide bonds. The fourth-order valence-corrected chi connectivity index (χ4v) is 1.64. The molecule has 0 aliphatic carbocycles. The third-order valence-corrected chi connectivity index (χ3v) is 2.64. The number of hydroxylamine groups is 2. The zero-order chi connectivity index (χ0) is 16.7. The second-order valence-corrected chi connectivity index (χ2v) is 4.31. The van der Waals surface area contributed by atoms with E-state index in [9.17, 15) is 0 Å². The predicted molar refractivity (Wildman–Crippen MR) is 92.6 cm³/mol. The summed E-state index contributed by atoms with van der Waals surface area (Å²) in [7, 11) is 0. The maximum atomic E-state index is 8.57. The van der Waals surface area contributed by atoms with E-state index in [4.69, 9.17) is 26.6 Å². The van der Waals surface area contributed by atoms with Gasteiger partial charge in [-0.3, -0.25) is 10.4 Å². The number of halogens is 1. The van der Waals surface area contributed by atoms with E-state index < -0.39 is 0 Å². The van der Waals surface area contributed by atoms with Gasteiger partial charge in [-0.1, -0.05) is 0 Å². The minimum Gasteiger partial charge on any atom is -0.457 e. The van der Waals surface area contributed by atoms with Gasteiger partial charge in [-0.25, -0.2) is 20.9 Å². The first-order chi connectivity index (χ1) is 11.1. The zero-order valence-corrected chi connectivity index (χ0v) is 13.2. The molecule has 0 saturated heterocycles. The third kappa shape index (κ3) is 5.65. The summed E-state index contributed by atoms with van der Waals surface area (Å²) in [6.45, 7) is 0. The number of ether oxygens (including phenoxy) is 1. The van der Waals surface area contributed by atoms with Crippen molar-refractivity contribution in [2.75, 3.05) is 0 Å². The standard InChI is InChI=1S/C14H16N6O3.ClH/c15-13(19-21)17-9-1-5-11(6-2-9)23-12-7-3-10(4-8-12)18-14(16)20-22;/h1-8,21-22H,(H3,15,17,19)(H3,16,18,20);1H. The largest absolute Gasteiger partial charge is 0.457 e. The van der Waals surface area contributed by atoms with Gasteiger partial charge in [0.2, 0.25) is 11.9 Å². The van der Waals surface area contributed by atoms with E-state index in [2.05, 4.69) is 9.98 Å². The molecule has 2 rings (SSSR count). The maximum Gasteiger partial charge on any atom is 0.218 e. The van der Waals surface area contributed by atoms with E-state index >= 15 is 0 Å². The molecule has 0 bridgehead atoms. The summed E-state index contributed by atoms with van der Waals surface area (Å²) in [5, 5.41) is 17.1. The number of benzene rings is 2. The molecule has 0 aliphatic rings. The van der Waals surface area contributed by atoms with Crippen LogP contribution in [0.3, 0.4) is 0 Å². The van der Waals surface area contributed by atoms with E-state index in [0.29, 0.717) is 22.9 Å². The molecule has 9 nitrogen and oxygen atoms in total. The number of rotatable bonds is 4. The number of guanidine groups is 2. The van der Waals surface area contributed by atoms with Gasteiger partial charge in [0.1, 0.15) is 11.5 Å². The summed E-state index contributed by atoms with van der Waals surface area (Å²) >= 11 is 0. The zero-order valence-electron chi connectivity index (χ0n) is 12.4. The van der Waals surface area contributed by atoms with Crippen molar-refractivity contribution < 1.29 is 15.2 Å². The van der Waals surface area contributed by atoms with Gasteiger partial charge in [-0.2, -0.15) is 0 Å². The quantitative estimate of drug-likeness (QED) is 0.278. The highest BCUT2D eigenvalue weighted by Crippen LogP contribution is 2.25. The van der Waals surface area contributed by atoms with Crippen molar-refractivity contribution in [2.24, 2.45) is 21.5 Å². The Kier molecular flexibility index (Phi) is 7.30. The molecule has 10 heteroatoms. The first-order valence-electron chi connectivity index (χ1n) is 6.47. The van der Waals surface area contributed by atoms with Crippen molar-refractivity contribution >= 4 is 35.7 Å². The second-order valence-electron chi connectivity index (χ2n) is 4.31. The maximum absolute atomic E-state index is 8.57. The van der Waals surface area contributed by atoms with Crippen molar-refractivity contribution in [3.63, 3.8) is 0 Å². The Morgan fingerprint density at radius 1 is 0.750 bits per heavy atom. The number of hydrogen-bond donors (Lipinski definition) is 6. The lowest BCUT2D eigenvalue weighted by Gasteiger charge is -2.06. The summed E-state index contributed by atoms with van der Waals surface area (Å²) in [5.41, 5.74) is 15.3. The Morgan fingerprint density at radius 2 is 1.08 bits per heavy atom. The van der Waals surface area contributed by atoms with Crippen LogP contribution in [0.5, 0.6) is 11.5 Å². The average Bonchev–Trinajstić information content (AvgIpc) is 2.58. The summed E-state index contributed by atoms with van der Waals surface area (Å²) in [4.78, 5) is 7.80. The van der Waals surface area contributed by atoms with E-state index in [-0.39, 0.29) is 24.3 Å². The van der Waals surface area contributed by atoms with Crippen LogP contribution in [0.1, 0.15) is 0 Å². The Balaban J connectivity index is 0.00000288. The Bertz CT molecular complexity index is 642. The molecule has 0 heterocycles. The van der Waals surface area contributed by atoms with Crippen LogP contribution in [0.25, 0.3) is 0 Å². The molecule has 0 radical (unpaired) electrons. The van der Waals surface area contributed by atoms with Crippen molar-refractivity contribution in [1.29, 1.82) is 0 Å². The minimum atomic E-state index is -0.105. The Hall–Kier alpha value is -3.01. The van der Waals surface area contributed by atoms with Gasteiger partial charge in [-0.15, -0.1) is 12.4 Å². The molecule has 0 spiro atoms. The Morgan fingerprint density at radius 3 is 1.38 bits per heavy atom. The fraction of sp³-hybridized carbons (Fsp3) is 0. The van der Waals surface area contributed by atoms with Gasteiger partial charge >= 0.3 is 0 Å². The van der Waals surface area contributed by atoms with Crippen LogP contribution >= 0.6 is 12.4 Å². The molecule has 0 aromatic heterocycles. The summed E-state index contributed by atoms with van der Waals surface area (Å²) in [5.74, 6) is 0.998. The molecule has 0 aliphatic heterocycles. The van der Waals surface area contributed by atoms with Crippen LogP contribution in [0.2, 0.25) is 0 Å². The number of nitrogens with two attached hydrogens (primary N) is 2. The van der Waals surface area contributed by atoms with Gasteiger partial charge in [0.05, 0.1) is 11.4 Å². The van der Waals surface area contributed by atoms with Crippen LogP contribution in [0, 0.1) is 0 Å². The highest BCUT2D eigenvalue weighted by molar-refractivity contribution is 5.85. The number of hydrogen-bond acceptors (Lipinski definition) is 5. The monoisotopic (exact) mass is 352 g/mol. The number of nitrogens with zero attached hydrogens (tertiary/aromatic N) is 2. The molecule has 2 aromatic carbocycles. The van der Waals surface area contributed by atoms with Crippen molar-refractivity contribution in [3.8, 4) is 11.5 Å². The van der Waals surface area contributed by atoms with E-state index in [1.54, 1.807) is 59.5 Å². The van der Waals surface area contributed by atoms with Crippen LogP contribution in [0.4, 0.5) is 11.4 Å². The number of aliphatic imine (C=N–C) groups is 2. The molecule has 0 unspecified atom stereocenters. The van der Waals surface area contributed by atoms with Crippen molar-refractivity contribution in [3.05, 3.63) is 48.5 Å². The molecule has 128 valence electrons. The smallest absolute Gasteiger partial charge is 0.218 e.